The molecule has 1 N–H and O–H groups in total. The fraction of sp³-hybridized carbons (Fsp3) is 0.417. The zero-order chi connectivity index (χ0) is 11.8. The van der Waals surface area contributed by atoms with E-state index in [-0.39, 0.29) is 17.7 Å². The van der Waals surface area contributed by atoms with Crippen LogP contribution < -0.4 is 0 Å². The van der Waals surface area contributed by atoms with Gasteiger partial charge in [-0.1, -0.05) is 12.5 Å². The summed E-state index contributed by atoms with van der Waals surface area (Å²) in [5.74, 6) is -1.14. The van der Waals surface area contributed by atoms with Crippen molar-refractivity contribution in [2.24, 2.45) is 0 Å². The van der Waals surface area contributed by atoms with Gasteiger partial charge in [-0.05, 0) is 46.5 Å². The maximum absolute atomic E-state index is 13.4. The SMILES string of the molecule is O=C(O)CC1(c2ccc(Br)c(F)c2)CCC1. The van der Waals surface area contributed by atoms with Crippen LogP contribution in [0.15, 0.2) is 22.7 Å². The molecule has 86 valence electrons. The molecule has 2 nitrogen and oxygen atoms in total. The van der Waals surface area contributed by atoms with E-state index < -0.39 is 5.97 Å². The second kappa shape index (κ2) is 4.17. The van der Waals surface area contributed by atoms with Gasteiger partial charge < -0.3 is 5.11 Å². The first kappa shape index (κ1) is 11.6. The lowest BCUT2D eigenvalue weighted by Crippen LogP contribution is -2.36. The van der Waals surface area contributed by atoms with Crippen LogP contribution in [-0.4, -0.2) is 11.1 Å². The summed E-state index contributed by atoms with van der Waals surface area (Å²) in [6.45, 7) is 0. The van der Waals surface area contributed by atoms with Crippen molar-refractivity contribution in [3.05, 3.63) is 34.1 Å². The number of benzene rings is 1. The minimum atomic E-state index is -0.817. The molecule has 0 spiro atoms. The lowest BCUT2D eigenvalue weighted by Gasteiger charge is -2.41. The van der Waals surface area contributed by atoms with E-state index in [1.807, 2.05) is 6.07 Å². The summed E-state index contributed by atoms with van der Waals surface area (Å²) >= 11 is 3.10. The molecule has 1 aliphatic carbocycles. The highest BCUT2D eigenvalue weighted by Gasteiger charge is 2.40. The summed E-state index contributed by atoms with van der Waals surface area (Å²) in [4.78, 5) is 10.8. The Labute approximate surface area is 102 Å². The highest BCUT2D eigenvalue weighted by atomic mass is 79.9. The quantitative estimate of drug-likeness (QED) is 0.924. The number of halogens is 2. The summed E-state index contributed by atoms with van der Waals surface area (Å²) in [5.41, 5.74) is 0.467. The maximum atomic E-state index is 13.4. The molecule has 1 saturated carbocycles. The van der Waals surface area contributed by atoms with Crippen LogP contribution in [0.5, 0.6) is 0 Å². The third-order valence-electron chi connectivity index (χ3n) is 3.33. The van der Waals surface area contributed by atoms with Crippen molar-refractivity contribution in [1.82, 2.24) is 0 Å². The Balaban J connectivity index is 2.33. The van der Waals surface area contributed by atoms with Crippen molar-refractivity contribution in [1.29, 1.82) is 0 Å². The predicted molar refractivity (Wildman–Crippen MR) is 61.9 cm³/mol. The monoisotopic (exact) mass is 286 g/mol. The zero-order valence-corrected chi connectivity index (χ0v) is 10.3. The van der Waals surface area contributed by atoms with E-state index in [9.17, 15) is 9.18 Å². The Morgan fingerprint density at radius 3 is 2.62 bits per heavy atom. The number of carboxylic acids is 1. The molecule has 0 aromatic heterocycles. The third kappa shape index (κ3) is 1.98. The lowest BCUT2D eigenvalue weighted by atomic mass is 9.62. The Hall–Kier alpha value is -0.900. The number of carbonyl (C=O) groups is 1. The van der Waals surface area contributed by atoms with Gasteiger partial charge in [-0.2, -0.15) is 0 Å². The number of carboxylic acid groups (broad SMARTS) is 1. The minimum absolute atomic E-state index is 0.0913. The van der Waals surface area contributed by atoms with Crippen LogP contribution in [0.2, 0.25) is 0 Å². The van der Waals surface area contributed by atoms with E-state index in [4.69, 9.17) is 5.11 Å². The summed E-state index contributed by atoms with van der Waals surface area (Å²) in [6.07, 6.45) is 2.78. The molecule has 0 atom stereocenters. The van der Waals surface area contributed by atoms with Crippen LogP contribution in [-0.2, 0) is 10.2 Å². The molecular formula is C12H12BrFO2. The van der Waals surface area contributed by atoms with E-state index in [0.29, 0.717) is 4.47 Å². The number of hydrogen-bond donors (Lipinski definition) is 1. The van der Waals surface area contributed by atoms with E-state index in [0.717, 1.165) is 24.8 Å². The van der Waals surface area contributed by atoms with E-state index in [1.165, 1.54) is 6.07 Å². The molecule has 4 heteroatoms. The average Bonchev–Trinajstić information content (AvgIpc) is 2.16. The van der Waals surface area contributed by atoms with Crippen molar-refractivity contribution in [3.63, 3.8) is 0 Å². The van der Waals surface area contributed by atoms with Crippen molar-refractivity contribution in [2.75, 3.05) is 0 Å². The number of rotatable bonds is 3. The lowest BCUT2D eigenvalue weighted by molar-refractivity contribution is -0.139. The molecule has 0 saturated heterocycles. The smallest absolute Gasteiger partial charge is 0.304 e. The molecule has 0 unspecified atom stereocenters. The van der Waals surface area contributed by atoms with Crippen molar-refractivity contribution < 1.29 is 14.3 Å². The maximum Gasteiger partial charge on any atom is 0.304 e. The van der Waals surface area contributed by atoms with Crippen molar-refractivity contribution in [2.45, 2.75) is 31.1 Å². The molecule has 1 aromatic carbocycles. The summed E-state index contributed by atoms with van der Waals surface area (Å²) in [7, 11) is 0. The zero-order valence-electron chi connectivity index (χ0n) is 8.67. The fourth-order valence-electron chi connectivity index (χ4n) is 2.29. The molecule has 0 heterocycles. The first-order valence-corrected chi connectivity index (χ1v) is 6.00. The molecule has 16 heavy (non-hydrogen) atoms. The van der Waals surface area contributed by atoms with Gasteiger partial charge in [0.15, 0.2) is 0 Å². The number of hydrogen-bond acceptors (Lipinski definition) is 1. The van der Waals surface area contributed by atoms with E-state index >= 15 is 0 Å². The van der Waals surface area contributed by atoms with E-state index in [2.05, 4.69) is 15.9 Å². The Kier molecular flexibility index (Phi) is 3.02. The molecule has 1 aliphatic rings. The van der Waals surface area contributed by atoms with Gasteiger partial charge in [0, 0.05) is 5.41 Å². The standard InChI is InChI=1S/C12H12BrFO2/c13-9-3-2-8(6-10(9)14)12(4-1-5-12)7-11(15)16/h2-3,6H,1,4-5,7H2,(H,15,16). The topological polar surface area (TPSA) is 37.3 Å². The predicted octanol–water partition coefficient (Wildman–Crippen LogP) is 3.48. The van der Waals surface area contributed by atoms with Gasteiger partial charge in [0.2, 0.25) is 0 Å². The van der Waals surface area contributed by atoms with Gasteiger partial charge in [0.1, 0.15) is 5.82 Å². The van der Waals surface area contributed by atoms with E-state index in [1.54, 1.807) is 6.07 Å². The third-order valence-corrected chi connectivity index (χ3v) is 3.98. The molecule has 1 fully saturated rings. The molecule has 0 bridgehead atoms. The molecular weight excluding hydrogens is 275 g/mol. The van der Waals surface area contributed by atoms with Crippen LogP contribution in [0.3, 0.4) is 0 Å². The van der Waals surface area contributed by atoms with Crippen LogP contribution in [0, 0.1) is 5.82 Å². The van der Waals surface area contributed by atoms with Gasteiger partial charge in [0.05, 0.1) is 10.9 Å². The van der Waals surface area contributed by atoms with Crippen LogP contribution >= 0.6 is 15.9 Å². The van der Waals surface area contributed by atoms with Gasteiger partial charge in [-0.15, -0.1) is 0 Å². The minimum Gasteiger partial charge on any atom is -0.481 e. The molecule has 0 radical (unpaired) electrons. The summed E-state index contributed by atoms with van der Waals surface area (Å²) < 4.78 is 13.8. The van der Waals surface area contributed by atoms with Gasteiger partial charge >= 0.3 is 5.97 Å². The van der Waals surface area contributed by atoms with Gasteiger partial charge in [-0.3, -0.25) is 4.79 Å². The Morgan fingerprint density at radius 1 is 1.50 bits per heavy atom. The van der Waals surface area contributed by atoms with Crippen molar-refractivity contribution in [3.8, 4) is 0 Å². The summed E-state index contributed by atoms with van der Waals surface area (Å²) in [6, 6.07) is 4.91. The molecule has 0 aliphatic heterocycles. The van der Waals surface area contributed by atoms with Crippen LogP contribution in [0.4, 0.5) is 4.39 Å². The normalized spacial score (nSPS) is 17.9. The van der Waals surface area contributed by atoms with Crippen LogP contribution in [0.25, 0.3) is 0 Å². The summed E-state index contributed by atoms with van der Waals surface area (Å²) in [5, 5.41) is 8.90. The first-order valence-electron chi connectivity index (χ1n) is 5.21. The highest BCUT2D eigenvalue weighted by molar-refractivity contribution is 9.10. The Morgan fingerprint density at radius 2 is 2.19 bits per heavy atom. The molecule has 0 amide bonds. The largest absolute Gasteiger partial charge is 0.481 e. The molecule has 1 aromatic rings. The number of aliphatic carboxylic acids is 1. The van der Waals surface area contributed by atoms with Crippen molar-refractivity contribution >= 4 is 21.9 Å². The average molecular weight is 287 g/mol. The second-order valence-electron chi connectivity index (χ2n) is 4.33. The van der Waals surface area contributed by atoms with Crippen LogP contribution in [0.1, 0.15) is 31.2 Å². The Bertz CT molecular complexity index is 427. The van der Waals surface area contributed by atoms with Gasteiger partial charge in [0.25, 0.3) is 0 Å². The second-order valence-corrected chi connectivity index (χ2v) is 5.19. The molecule has 2 rings (SSSR count). The first-order chi connectivity index (χ1) is 7.53. The van der Waals surface area contributed by atoms with Gasteiger partial charge in [-0.25, -0.2) is 4.39 Å². The fourth-order valence-corrected chi connectivity index (χ4v) is 2.53. The highest BCUT2D eigenvalue weighted by Crippen LogP contribution is 2.46.